The average molecular weight is 523 g/mol. The van der Waals surface area contributed by atoms with Crippen molar-refractivity contribution in [2.24, 2.45) is 5.41 Å². The molecule has 1 aliphatic heterocycles. The highest BCUT2D eigenvalue weighted by Crippen LogP contribution is 2.56. The first-order valence-corrected chi connectivity index (χ1v) is 13.7. The second kappa shape index (κ2) is 8.05. The standard InChI is InChI=1S/C27H24Cl2N4OS/c1-15-2-5-20-21(10-15)35-26(31-20)33-8-6-27(7-9-33)11-17(12-27)22-24(32-34-25(22)16-3-4-16)23-18(28)13-30-14-19(23)29/h2,5,10-11,13-14,16H,3-4,6-9,12H2,1H3. The number of halogens is 2. The molecular weight excluding hydrogens is 499 g/mol. The first-order chi connectivity index (χ1) is 17.0. The van der Waals surface area contributed by atoms with Crippen molar-refractivity contribution in [3.63, 3.8) is 0 Å². The molecule has 0 N–H and O–H groups in total. The minimum Gasteiger partial charge on any atom is -0.360 e. The molecule has 1 spiro atoms. The molecule has 1 aromatic carbocycles. The summed E-state index contributed by atoms with van der Waals surface area (Å²) in [6.45, 7) is 4.18. The Labute approximate surface area is 217 Å². The van der Waals surface area contributed by atoms with Gasteiger partial charge in [0.25, 0.3) is 0 Å². The molecule has 2 fully saturated rings. The fourth-order valence-corrected chi connectivity index (χ4v) is 7.20. The van der Waals surface area contributed by atoms with Crippen LogP contribution in [0.2, 0.25) is 10.0 Å². The Kier molecular flexibility index (Phi) is 5.02. The number of thiazole rings is 1. The summed E-state index contributed by atoms with van der Waals surface area (Å²) in [6.07, 6.45) is 11.3. The number of hydrogen-bond donors (Lipinski definition) is 0. The van der Waals surface area contributed by atoms with E-state index in [-0.39, 0.29) is 5.41 Å². The molecule has 178 valence electrons. The number of benzene rings is 1. The number of pyridine rings is 1. The fraction of sp³-hybridized carbons (Fsp3) is 0.370. The summed E-state index contributed by atoms with van der Waals surface area (Å²) in [5.41, 5.74) is 6.52. The summed E-state index contributed by atoms with van der Waals surface area (Å²) in [7, 11) is 0. The van der Waals surface area contributed by atoms with E-state index in [9.17, 15) is 0 Å². The minimum absolute atomic E-state index is 0.236. The molecule has 4 heterocycles. The van der Waals surface area contributed by atoms with E-state index in [0.717, 1.165) is 78.4 Å². The van der Waals surface area contributed by atoms with Gasteiger partial charge >= 0.3 is 0 Å². The third kappa shape index (κ3) is 3.69. The maximum Gasteiger partial charge on any atom is 0.186 e. The van der Waals surface area contributed by atoms with Crippen molar-refractivity contribution in [2.45, 2.75) is 44.9 Å². The molecule has 8 heteroatoms. The molecule has 0 unspecified atom stereocenters. The maximum absolute atomic E-state index is 6.50. The second-order valence-electron chi connectivity index (χ2n) is 10.2. The van der Waals surface area contributed by atoms with Gasteiger partial charge in [0.15, 0.2) is 5.13 Å². The monoisotopic (exact) mass is 522 g/mol. The highest BCUT2D eigenvalue weighted by Gasteiger charge is 2.44. The summed E-state index contributed by atoms with van der Waals surface area (Å²) in [4.78, 5) is 11.5. The lowest BCUT2D eigenvalue weighted by atomic mass is 9.63. The highest BCUT2D eigenvalue weighted by molar-refractivity contribution is 7.22. The molecule has 4 aromatic rings. The average Bonchev–Trinajstić information content (AvgIpc) is 3.44. The number of aryl methyl sites for hydroxylation is 1. The van der Waals surface area contributed by atoms with Crippen molar-refractivity contribution in [2.75, 3.05) is 18.0 Å². The number of hydrogen-bond acceptors (Lipinski definition) is 6. The van der Waals surface area contributed by atoms with Crippen molar-refractivity contribution in [1.29, 1.82) is 0 Å². The Hall–Kier alpha value is -2.41. The molecule has 0 radical (unpaired) electrons. The van der Waals surface area contributed by atoms with E-state index in [1.807, 2.05) is 0 Å². The SMILES string of the molecule is Cc1ccc2nc(N3CCC4(C=C(c5c(-c6c(Cl)cncc6Cl)noc5C5CC5)C4)CC3)sc2c1. The smallest absolute Gasteiger partial charge is 0.186 e. The molecule has 2 aliphatic carbocycles. The van der Waals surface area contributed by atoms with Gasteiger partial charge in [0, 0.05) is 42.5 Å². The largest absolute Gasteiger partial charge is 0.360 e. The van der Waals surface area contributed by atoms with Crippen molar-refractivity contribution in [1.82, 2.24) is 15.1 Å². The number of piperidine rings is 1. The third-order valence-electron chi connectivity index (χ3n) is 7.66. The Morgan fingerprint density at radius 1 is 1.09 bits per heavy atom. The predicted molar refractivity (Wildman–Crippen MR) is 143 cm³/mol. The Balaban J connectivity index is 1.16. The molecule has 1 saturated carbocycles. The number of fused-ring (bicyclic) bond motifs is 1. The van der Waals surface area contributed by atoms with Crippen LogP contribution in [-0.4, -0.2) is 28.2 Å². The van der Waals surface area contributed by atoms with E-state index in [1.54, 1.807) is 23.7 Å². The lowest BCUT2D eigenvalue weighted by Gasteiger charge is -2.46. The van der Waals surface area contributed by atoms with Crippen LogP contribution in [-0.2, 0) is 0 Å². The zero-order valence-corrected chi connectivity index (χ0v) is 21.7. The van der Waals surface area contributed by atoms with Crippen LogP contribution in [0, 0.1) is 12.3 Å². The molecule has 5 nitrogen and oxygen atoms in total. The van der Waals surface area contributed by atoms with E-state index in [4.69, 9.17) is 32.7 Å². The number of allylic oxidation sites excluding steroid dienone is 2. The van der Waals surface area contributed by atoms with E-state index >= 15 is 0 Å². The van der Waals surface area contributed by atoms with Crippen LogP contribution < -0.4 is 4.90 Å². The normalized spacial score (nSPS) is 19.3. The van der Waals surface area contributed by atoms with Crippen LogP contribution in [0.3, 0.4) is 0 Å². The highest BCUT2D eigenvalue weighted by atomic mass is 35.5. The van der Waals surface area contributed by atoms with Gasteiger partial charge in [-0.1, -0.05) is 51.8 Å². The van der Waals surface area contributed by atoms with Gasteiger partial charge in [-0.15, -0.1) is 0 Å². The molecule has 1 saturated heterocycles. The zero-order valence-electron chi connectivity index (χ0n) is 19.4. The van der Waals surface area contributed by atoms with Gasteiger partial charge < -0.3 is 9.42 Å². The Morgan fingerprint density at radius 3 is 2.54 bits per heavy atom. The van der Waals surface area contributed by atoms with Gasteiger partial charge in [0.05, 0.1) is 20.3 Å². The fourth-order valence-electron chi connectivity index (χ4n) is 5.55. The summed E-state index contributed by atoms with van der Waals surface area (Å²) in [5, 5.41) is 6.60. The summed E-state index contributed by atoms with van der Waals surface area (Å²) in [6, 6.07) is 6.50. The lowest BCUT2D eigenvalue weighted by Crippen LogP contribution is -2.42. The number of aromatic nitrogens is 3. The molecule has 0 bridgehead atoms. The van der Waals surface area contributed by atoms with Crippen LogP contribution in [0.5, 0.6) is 0 Å². The lowest BCUT2D eigenvalue weighted by molar-refractivity contribution is 0.277. The first-order valence-electron chi connectivity index (χ1n) is 12.1. The van der Waals surface area contributed by atoms with Crippen molar-refractivity contribution in [3.8, 4) is 11.3 Å². The van der Waals surface area contributed by atoms with E-state index in [1.165, 1.54) is 15.8 Å². The quantitative estimate of drug-likeness (QED) is 0.272. The molecular formula is C27H24Cl2N4OS. The van der Waals surface area contributed by atoms with E-state index in [2.05, 4.69) is 46.2 Å². The van der Waals surface area contributed by atoms with Crippen molar-refractivity contribution in [3.05, 3.63) is 63.6 Å². The second-order valence-corrected chi connectivity index (χ2v) is 12.0. The number of anilines is 1. The molecule has 0 atom stereocenters. The maximum atomic E-state index is 6.50. The summed E-state index contributed by atoms with van der Waals surface area (Å²) >= 11 is 14.8. The number of rotatable bonds is 4. The first kappa shape index (κ1) is 21.8. The van der Waals surface area contributed by atoms with Crippen molar-refractivity contribution < 1.29 is 4.52 Å². The molecule has 3 aromatic heterocycles. The minimum atomic E-state index is 0.236. The predicted octanol–water partition coefficient (Wildman–Crippen LogP) is 7.91. The zero-order chi connectivity index (χ0) is 23.7. The molecule has 35 heavy (non-hydrogen) atoms. The van der Waals surface area contributed by atoms with Gasteiger partial charge in [-0.05, 0) is 67.7 Å². The van der Waals surface area contributed by atoms with Crippen LogP contribution >= 0.6 is 34.5 Å². The Bertz CT molecular complexity index is 1470. The molecule has 7 rings (SSSR count). The van der Waals surface area contributed by atoms with Gasteiger partial charge in [0.1, 0.15) is 11.5 Å². The Morgan fingerprint density at radius 2 is 1.83 bits per heavy atom. The van der Waals surface area contributed by atoms with Crippen LogP contribution in [0.1, 0.15) is 54.9 Å². The van der Waals surface area contributed by atoms with Crippen LogP contribution in [0.25, 0.3) is 27.0 Å². The molecule has 0 amide bonds. The van der Waals surface area contributed by atoms with Crippen LogP contribution in [0.4, 0.5) is 5.13 Å². The van der Waals surface area contributed by atoms with Gasteiger partial charge in [-0.3, -0.25) is 4.98 Å². The van der Waals surface area contributed by atoms with E-state index in [0.29, 0.717) is 16.0 Å². The van der Waals surface area contributed by atoms with E-state index < -0.39 is 0 Å². The summed E-state index contributed by atoms with van der Waals surface area (Å²) in [5.74, 6) is 1.44. The topological polar surface area (TPSA) is 55.1 Å². The third-order valence-corrected chi connectivity index (χ3v) is 9.32. The van der Waals surface area contributed by atoms with Crippen molar-refractivity contribution >= 4 is 55.5 Å². The molecule has 3 aliphatic rings. The van der Waals surface area contributed by atoms with Gasteiger partial charge in [-0.2, -0.15) is 0 Å². The summed E-state index contributed by atoms with van der Waals surface area (Å²) < 4.78 is 7.16. The van der Waals surface area contributed by atoms with Gasteiger partial charge in [0.2, 0.25) is 0 Å². The van der Waals surface area contributed by atoms with Crippen LogP contribution in [0.15, 0.2) is 41.2 Å². The van der Waals surface area contributed by atoms with Gasteiger partial charge in [-0.25, -0.2) is 4.98 Å². The number of nitrogens with zero attached hydrogens (tertiary/aromatic N) is 4.